The lowest BCUT2D eigenvalue weighted by atomic mass is 10.1. The van der Waals surface area contributed by atoms with Crippen molar-refractivity contribution in [2.24, 2.45) is 11.7 Å². The zero-order valence-corrected chi connectivity index (χ0v) is 11.8. The van der Waals surface area contributed by atoms with Crippen molar-refractivity contribution >= 4 is 0 Å². The van der Waals surface area contributed by atoms with Crippen LogP contribution in [-0.2, 0) is 0 Å². The zero-order valence-electron chi connectivity index (χ0n) is 11.8. The van der Waals surface area contributed by atoms with Crippen molar-refractivity contribution < 1.29 is 9.47 Å². The largest absolute Gasteiger partial charge is 0.454 e. The van der Waals surface area contributed by atoms with Gasteiger partial charge in [-0.2, -0.15) is 0 Å². The first-order valence-electron chi connectivity index (χ1n) is 7.69. The fourth-order valence-corrected chi connectivity index (χ4v) is 2.95. The second-order valence-electron chi connectivity index (χ2n) is 6.35. The summed E-state index contributed by atoms with van der Waals surface area (Å²) < 4.78 is 10.8. The van der Waals surface area contributed by atoms with Gasteiger partial charge in [-0.15, -0.1) is 0 Å². The highest BCUT2D eigenvalue weighted by atomic mass is 16.7. The molecule has 4 heteroatoms. The third-order valence-corrected chi connectivity index (χ3v) is 4.51. The fourth-order valence-electron chi connectivity index (χ4n) is 2.95. The summed E-state index contributed by atoms with van der Waals surface area (Å²) in [6.07, 6.45) is 5.51. The van der Waals surface area contributed by atoms with Crippen LogP contribution < -0.4 is 15.2 Å². The number of hydrogen-bond acceptors (Lipinski definition) is 4. The number of hydrogen-bond donors (Lipinski definition) is 1. The zero-order chi connectivity index (χ0) is 13.5. The van der Waals surface area contributed by atoms with Gasteiger partial charge in [0.15, 0.2) is 11.5 Å². The van der Waals surface area contributed by atoms with Crippen LogP contribution in [0.15, 0.2) is 18.2 Å². The summed E-state index contributed by atoms with van der Waals surface area (Å²) in [5, 5.41) is 0. The minimum Gasteiger partial charge on any atom is -0.454 e. The molecule has 0 radical (unpaired) electrons. The summed E-state index contributed by atoms with van der Waals surface area (Å²) in [5.41, 5.74) is 7.56. The van der Waals surface area contributed by atoms with Crippen LogP contribution in [0.4, 0.5) is 0 Å². The first-order chi connectivity index (χ1) is 9.79. The first-order valence-corrected chi connectivity index (χ1v) is 7.69. The molecular weight excluding hydrogens is 252 g/mol. The third-order valence-electron chi connectivity index (χ3n) is 4.51. The van der Waals surface area contributed by atoms with E-state index in [1.807, 2.05) is 12.1 Å². The minimum atomic E-state index is 0.0591. The highest BCUT2D eigenvalue weighted by molar-refractivity contribution is 5.45. The van der Waals surface area contributed by atoms with Crippen LogP contribution in [0.3, 0.4) is 0 Å². The molecule has 0 saturated heterocycles. The molecule has 0 aromatic heterocycles. The molecule has 2 saturated carbocycles. The Labute approximate surface area is 119 Å². The van der Waals surface area contributed by atoms with Crippen molar-refractivity contribution in [1.82, 2.24) is 4.90 Å². The maximum absolute atomic E-state index is 6.41. The molecule has 20 heavy (non-hydrogen) atoms. The second kappa shape index (κ2) is 4.93. The van der Waals surface area contributed by atoms with Gasteiger partial charge in [0.2, 0.25) is 6.79 Å². The van der Waals surface area contributed by atoms with Gasteiger partial charge < -0.3 is 15.2 Å². The smallest absolute Gasteiger partial charge is 0.231 e. The van der Waals surface area contributed by atoms with E-state index in [1.165, 1.54) is 32.2 Å². The maximum atomic E-state index is 6.41. The topological polar surface area (TPSA) is 47.7 Å². The highest BCUT2D eigenvalue weighted by Crippen LogP contribution is 2.37. The first kappa shape index (κ1) is 12.5. The van der Waals surface area contributed by atoms with Gasteiger partial charge in [-0.05, 0) is 49.3 Å². The van der Waals surface area contributed by atoms with E-state index in [0.29, 0.717) is 6.79 Å². The Morgan fingerprint density at radius 1 is 1.15 bits per heavy atom. The fraction of sp³-hybridized carbons (Fsp3) is 0.625. The second-order valence-corrected chi connectivity index (χ2v) is 6.35. The Balaban J connectivity index is 1.44. The summed E-state index contributed by atoms with van der Waals surface area (Å²) in [6.45, 7) is 2.52. The molecule has 2 aliphatic carbocycles. The van der Waals surface area contributed by atoms with E-state index in [4.69, 9.17) is 15.2 Å². The molecule has 0 spiro atoms. The van der Waals surface area contributed by atoms with Crippen LogP contribution in [0.1, 0.15) is 37.3 Å². The molecule has 2 fully saturated rings. The van der Waals surface area contributed by atoms with Gasteiger partial charge in [0, 0.05) is 25.2 Å². The normalized spacial score (nSPS) is 22.3. The van der Waals surface area contributed by atoms with Crippen molar-refractivity contribution in [3.8, 4) is 11.5 Å². The van der Waals surface area contributed by atoms with Crippen LogP contribution in [-0.4, -0.2) is 30.8 Å². The van der Waals surface area contributed by atoms with Gasteiger partial charge in [-0.3, -0.25) is 4.90 Å². The standard InChI is InChI=1S/C16H22N2O2/c17-14(9-18(13-4-5-13)8-11-1-2-11)12-3-6-15-16(7-12)20-10-19-15/h3,6-7,11,13-14H,1-2,4-5,8-10,17H2. The molecule has 4 nitrogen and oxygen atoms in total. The summed E-state index contributed by atoms with van der Waals surface area (Å²) in [6, 6.07) is 6.93. The van der Waals surface area contributed by atoms with Crippen molar-refractivity contribution in [3.63, 3.8) is 0 Å². The number of fused-ring (bicyclic) bond motifs is 1. The molecule has 1 heterocycles. The van der Waals surface area contributed by atoms with E-state index in [1.54, 1.807) is 0 Å². The Bertz CT molecular complexity index is 497. The summed E-state index contributed by atoms with van der Waals surface area (Å²) >= 11 is 0. The van der Waals surface area contributed by atoms with Gasteiger partial charge in [-0.25, -0.2) is 0 Å². The average molecular weight is 274 g/mol. The number of benzene rings is 1. The van der Waals surface area contributed by atoms with Crippen LogP contribution in [0.2, 0.25) is 0 Å². The Kier molecular flexibility index (Phi) is 3.08. The molecular formula is C16H22N2O2. The van der Waals surface area contributed by atoms with Gasteiger partial charge in [0.1, 0.15) is 0 Å². The van der Waals surface area contributed by atoms with Crippen LogP contribution >= 0.6 is 0 Å². The van der Waals surface area contributed by atoms with Crippen LogP contribution in [0, 0.1) is 5.92 Å². The average Bonchev–Trinajstić information content (AvgIpc) is 3.36. The summed E-state index contributed by atoms with van der Waals surface area (Å²) in [5.74, 6) is 2.59. The monoisotopic (exact) mass is 274 g/mol. The quantitative estimate of drug-likeness (QED) is 0.864. The van der Waals surface area contributed by atoms with E-state index in [0.717, 1.165) is 35.6 Å². The molecule has 1 unspecified atom stereocenters. The van der Waals surface area contributed by atoms with Crippen molar-refractivity contribution in [3.05, 3.63) is 23.8 Å². The molecule has 4 rings (SSSR count). The maximum Gasteiger partial charge on any atom is 0.231 e. The Morgan fingerprint density at radius 3 is 2.70 bits per heavy atom. The van der Waals surface area contributed by atoms with Crippen LogP contribution in [0.5, 0.6) is 11.5 Å². The van der Waals surface area contributed by atoms with E-state index >= 15 is 0 Å². The lowest BCUT2D eigenvalue weighted by Gasteiger charge is -2.25. The lowest BCUT2D eigenvalue weighted by Crippen LogP contribution is -2.35. The van der Waals surface area contributed by atoms with Gasteiger partial charge >= 0.3 is 0 Å². The molecule has 108 valence electrons. The van der Waals surface area contributed by atoms with E-state index in [9.17, 15) is 0 Å². The predicted molar refractivity (Wildman–Crippen MR) is 76.8 cm³/mol. The molecule has 0 amide bonds. The van der Waals surface area contributed by atoms with Gasteiger partial charge in [-0.1, -0.05) is 6.07 Å². The molecule has 1 aliphatic heterocycles. The summed E-state index contributed by atoms with van der Waals surface area (Å²) in [4.78, 5) is 2.60. The number of nitrogens with zero attached hydrogens (tertiary/aromatic N) is 1. The highest BCUT2D eigenvalue weighted by Gasteiger charge is 2.34. The molecule has 1 aromatic rings. The Hall–Kier alpha value is -1.26. The summed E-state index contributed by atoms with van der Waals surface area (Å²) in [7, 11) is 0. The molecule has 1 aromatic carbocycles. The number of rotatable bonds is 6. The van der Waals surface area contributed by atoms with Crippen molar-refractivity contribution in [2.75, 3.05) is 19.9 Å². The Morgan fingerprint density at radius 2 is 1.95 bits per heavy atom. The minimum absolute atomic E-state index is 0.0591. The third kappa shape index (κ3) is 2.63. The van der Waals surface area contributed by atoms with Crippen molar-refractivity contribution in [2.45, 2.75) is 37.8 Å². The number of nitrogens with two attached hydrogens (primary N) is 1. The van der Waals surface area contributed by atoms with E-state index in [-0.39, 0.29) is 6.04 Å². The molecule has 2 N–H and O–H groups in total. The van der Waals surface area contributed by atoms with Gasteiger partial charge in [0.05, 0.1) is 0 Å². The SMILES string of the molecule is NC(CN(CC1CC1)C1CC1)c1ccc2c(c1)OCO2. The van der Waals surface area contributed by atoms with Gasteiger partial charge in [0.25, 0.3) is 0 Å². The predicted octanol–water partition coefficient (Wildman–Crippen LogP) is 2.29. The van der Waals surface area contributed by atoms with Crippen LogP contribution in [0.25, 0.3) is 0 Å². The van der Waals surface area contributed by atoms with E-state index < -0.39 is 0 Å². The number of ether oxygens (including phenoxy) is 2. The lowest BCUT2D eigenvalue weighted by molar-refractivity contribution is 0.174. The van der Waals surface area contributed by atoms with E-state index in [2.05, 4.69) is 11.0 Å². The molecule has 1 atom stereocenters. The molecule has 3 aliphatic rings. The molecule has 0 bridgehead atoms. The van der Waals surface area contributed by atoms with Crippen molar-refractivity contribution in [1.29, 1.82) is 0 Å².